The monoisotopic (exact) mass is 238 g/mol. The Balaban J connectivity index is 2.30. The molecule has 16 heavy (non-hydrogen) atoms. The zero-order valence-corrected chi connectivity index (χ0v) is 8.79. The van der Waals surface area contributed by atoms with Crippen molar-refractivity contribution in [1.29, 1.82) is 0 Å². The van der Waals surface area contributed by atoms with Crippen LogP contribution in [0.4, 0.5) is 10.2 Å². The van der Waals surface area contributed by atoms with Crippen LogP contribution in [0.5, 0.6) is 0 Å². The number of rotatable bonds is 2. The fraction of sp³-hybridized carbons (Fsp3) is 0. The van der Waals surface area contributed by atoms with Gasteiger partial charge in [0.25, 0.3) is 5.56 Å². The normalized spacial score (nSPS) is 10.3. The van der Waals surface area contributed by atoms with E-state index in [1.165, 1.54) is 18.3 Å². The standard InChI is InChI=1S/C9H7FN4OS/c10-6-3-5(1-2-12-6)16-9-13-7(11)4-8(15)14-9/h1-4H,(H3,11,13,14,15). The molecule has 0 fully saturated rings. The van der Waals surface area contributed by atoms with Gasteiger partial charge < -0.3 is 10.7 Å². The average Bonchev–Trinajstić information content (AvgIpc) is 2.15. The van der Waals surface area contributed by atoms with E-state index in [1.807, 2.05) is 0 Å². The Morgan fingerprint density at radius 3 is 2.94 bits per heavy atom. The minimum atomic E-state index is -0.587. The molecule has 2 aromatic heterocycles. The predicted octanol–water partition coefficient (Wildman–Crippen LogP) is 1.04. The first-order valence-corrected chi connectivity index (χ1v) is 5.11. The highest BCUT2D eigenvalue weighted by molar-refractivity contribution is 7.99. The summed E-state index contributed by atoms with van der Waals surface area (Å²) in [6, 6.07) is 4.03. The van der Waals surface area contributed by atoms with Crippen molar-refractivity contribution in [3.05, 3.63) is 40.7 Å². The number of hydrogen-bond acceptors (Lipinski definition) is 5. The molecule has 0 radical (unpaired) electrons. The summed E-state index contributed by atoms with van der Waals surface area (Å²) in [6.45, 7) is 0. The van der Waals surface area contributed by atoms with Crippen LogP contribution in [0.2, 0.25) is 0 Å². The molecule has 0 saturated carbocycles. The third-order valence-corrected chi connectivity index (χ3v) is 2.53. The number of halogens is 1. The molecule has 82 valence electrons. The number of nitrogens with one attached hydrogen (secondary N) is 1. The lowest BCUT2D eigenvalue weighted by Gasteiger charge is -2.00. The largest absolute Gasteiger partial charge is 0.383 e. The first-order chi connectivity index (χ1) is 7.63. The van der Waals surface area contributed by atoms with Gasteiger partial charge in [0, 0.05) is 23.2 Å². The molecule has 5 nitrogen and oxygen atoms in total. The number of aromatic amines is 1. The molecule has 0 aliphatic carbocycles. The smallest absolute Gasteiger partial charge is 0.253 e. The summed E-state index contributed by atoms with van der Waals surface area (Å²) in [6.07, 6.45) is 1.34. The maximum Gasteiger partial charge on any atom is 0.253 e. The Morgan fingerprint density at radius 2 is 2.25 bits per heavy atom. The number of nitrogens with two attached hydrogens (primary N) is 1. The van der Waals surface area contributed by atoms with E-state index in [9.17, 15) is 9.18 Å². The van der Waals surface area contributed by atoms with E-state index in [1.54, 1.807) is 6.07 Å². The molecule has 7 heteroatoms. The Morgan fingerprint density at radius 1 is 1.44 bits per heavy atom. The lowest BCUT2D eigenvalue weighted by atomic mass is 10.5. The van der Waals surface area contributed by atoms with Crippen LogP contribution in [0.25, 0.3) is 0 Å². The fourth-order valence-corrected chi connectivity index (χ4v) is 1.87. The lowest BCUT2D eigenvalue weighted by Crippen LogP contribution is -2.09. The van der Waals surface area contributed by atoms with Gasteiger partial charge in [-0.05, 0) is 6.07 Å². The molecule has 0 atom stereocenters. The highest BCUT2D eigenvalue weighted by atomic mass is 32.2. The van der Waals surface area contributed by atoms with Gasteiger partial charge in [0.15, 0.2) is 5.16 Å². The average molecular weight is 238 g/mol. The molecular formula is C9H7FN4OS. The van der Waals surface area contributed by atoms with Crippen LogP contribution in [0.3, 0.4) is 0 Å². The van der Waals surface area contributed by atoms with Crippen molar-refractivity contribution in [2.45, 2.75) is 10.1 Å². The number of aromatic nitrogens is 3. The number of pyridine rings is 1. The third-order valence-electron chi connectivity index (χ3n) is 1.65. The number of H-pyrrole nitrogens is 1. The van der Waals surface area contributed by atoms with E-state index in [2.05, 4.69) is 15.0 Å². The molecule has 3 N–H and O–H groups in total. The molecule has 0 spiro atoms. The van der Waals surface area contributed by atoms with E-state index in [0.717, 1.165) is 11.8 Å². The second-order valence-corrected chi connectivity index (χ2v) is 3.95. The molecule has 0 amide bonds. The number of nitrogens with zero attached hydrogens (tertiary/aromatic N) is 2. The highest BCUT2D eigenvalue weighted by Gasteiger charge is 2.03. The Hall–Kier alpha value is -1.89. The molecule has 2 rings (SSSR count). The fourth-order valence-electron chi connectivity index (χ4n) is 1.06. The minimum absolute atomic E-state index is 0.126. The summed E-state index contributed by atoms with van der Waals surface area (Å²) < 4.78 is 12.8. The van der Waals surface area contributed by atoms with Crippen molar-refractivity contribution in [3.8, 4) is 0 Å². The quantitative estimate of drug-likeness (QED) is 0.603. The molecule has 0 aromatic carbocycles. The SMILES string of the molecule is Nc1cc(=O)[nH]c(Sc2ccnc(F)c2)n1. The molecule has 0 unspecified atom stereocenters. The number of anilines is 1. The Labute approximate surface area is 93.9 Å². The maximum absolute atomic E-state index is 12.8. The van der Waals surface area contributed by atoms with Crippen molar-refractivity contribution in [2.24, 2.45) is 0 Å². The van der Waals surface area contributed by atoms with E-state index < -0.39 is 5.95 Å². The maximum atomic E-state index is 12.8. The zero-order chi connectivity index (χ0) is 11.5. The van der Waals surface area contributed by atoms with E-state index >= 15 is 0 Å². The zero-order valence-electron chi connectivity index (χ0n) is 7.98. The van der Waals surface area contributed by atoms with Gasteiger partial charge in [-0.2, -0.15) is 4.39 Å². The molecule has 0 saturated heterocycles. The van der Waals surface area contributed by atoms with Crippen LogP contribution in [-0.2, 0) is 0 Å². The van der Waals surface area contributed by atoms with Crippen LogP contribution in [0, 0.1) is 5.95 Å². The van der Waals surface area contributed by atoms with Crippen LogP contribution < -0.4 is 11.3 Å². The van der Waals surface area contributed by atoms with Crippen molar-refractivity contribution in [1.82, 2.24) is 15.0 Å². The highest BCUT2D eigenvalue weighted by Crippen LogP contribution is 2.23. The first kappa shape index (κ1) is 10.6. The van der Waals surface area contributed by atoms with Gasteiger partial charge in [-0.3, -0.25) is 4.79 Å². The van der Waals surface area contributed by atoms with E-state index in [4.69, 9.17) is 5.73 Å². The van der Waals surface area contributed by atoms with Gasteiger partial charge in [0.1, 0.15) is 5.82 Å². The molecule has 2 aromatic rings. The molecule has 0 aliphatic heterocycles. The summed E-state index contributed by atoms with van der Waals surface area (Å²) in [5.74, 6) is -0.461. The van der Waals surface area contributed by atoms with Gasteiger partial charge >= 0.3 is 0 Å². The van der Waals surface area contributed by atoms with Crippen LogP contribution >= 0.6 is 11.8 Å². The Bertz CT molecular complexity index is 571. The van der Waals surface area contributed by atoms with Gasteiger partial charge in [-0.15, -0.1) is 0 Å². The van der Waals surface area contributed by atoms with Crippen molar-refractivity contribution in [2.75, 3.05) is 5.73 Å². The summed E-state index contributed by atoms with van der Waals surface area (Å²) >= 11 is 1.10. The third kappa shape index (κ3) is 2.57. The minimum Gasteiger partial charge on any atom is -0.383 e. The van der Waals surface area contributed by atoms with Crippen LogP contribution in [-0.4, -0.2) is 15.0 Å². The van der Waals surface area contributed by atoms with E-state index in [0.29, 0.717) is 10.1 Å². The second kappa shape index (κ2) is 4.31. The number of nitrogen functional groups attached to an aromatic ring is 1. The molecule has 0 aliphatic rings. The van der Waals surface area contributed by atoms with Gasteiger partial charge in [0.2, 0.25) is 5.95 Å². The van der Waals surface area contributed by atoms with Crippen LogP contribution in [0.1, 0.15) is 0 Å². The first-order valence-electron chi connectivity index (χ1n) is 4.30. The van der Waals surface area contributed by atoms with Crippen LogP contribution in [0.15, 0.2) is 39.2 Å². The van der Waals surface area contributed by atoms with Crippen molar-refractivity contribution in [3.63, 3.8) is 0 Å². The van der Waals surface area contributed by atoms with Gasteiger partial charge in [0.05, 0.1) is 0 Å². The van der Waals surface area contributed by atoms with Gasteiger partial charge in [-0.25, -0.2) is 9.97 Å². The Kier molecular flexibility index (Phi) is 2.86. The summed E-state index contributed by atoms with van der Waals surface area (Å²) in [4.78, 5) is 21.5. The van der Waals surface area contributed by atoms with Gasteiger partial charge in [-0.1, -0.05) is 11.8 Å². The summed E-state index contributed by atoms with van der Waals surface area (Å²) in [5.41, 5.74) is 5.07. The summed E-state index contributed by atoms with van der Waals surface area (Å²) in [7, 11) is 0. The summed E-state index contributed by atoms with van der Waals surface area (Å²) in [5, 5.41) is 0.315. The number of hydrogen-bond donors (Lipinski definition) is 2. The topological polar surface area (TPSA) is 84.7 Å². The molecular weight excluding hydrogens is 231 g/mol. The van der Waals surface area contributed by atoms with E-state index in [-0.39, 0.29) is 11.4 Å². The second-order valence-electron chi connectivity index (χ2n) is 2.89. The van der Waals surface area contributed by atoms with Crippen molar-refractivity contribution >= 4 is 17.6 Å². The van der Waals surface area contributed by atoms with Crippen molar-refractivity contribution < 1.29 is 4.39 Å². The lowest BCUT2D eigenvalue weighted by molar-refractivity contribution is 0.579. The predicted molar refractivity (Wildman–Crippen MR) is 57.6 cm³/mol. The molecule has 2 heterocycles. The molecule has 0 bridgehead atoms.